The zero-order valence-corrected chi connectivity index (χ0v) is 5.73. The smallest absolute Gasteiger partial charge is 0.252 e. The summed E-state index contributed by atoms with van der Waals surface area (Å²) in [4.78, 5) is 10.7. The molecule has 1 heterocycles. The number of hydrogen-bond acceptors (Lipinski definition) is 4. The Hall–Kier alpha value is -0.650. The van der Waals surface area contributed by atoms with Crippen LogP contribution in [0.1, 0.15) is 6.42 Å². The molecule has 4 N–H and O–H groups in total. The van der Waals surface area contributed by atoms with Crippen LogP contribution in [0.4, 0.5) is 0 Å². The van der Waals surface area contributed by atoms with Crippen LogP contribution in [0.2, 0.25) is 0 Å². The molecule has 1 aliphatic carbocycles. The number of epoxide rings is 1. The van der Waals surface area contributed by atoms with Gasteiger partial charge in [0.1, 0.15) is 12.2 Å². The van der Waals surface area contributed by atoms with Crippen LogP contribution in [-0.4, -0.2) is 40.0 Å². The highest BCUT2D eigenvalue weighted by atomic mass is 16.6. The second-order valence-corrected chi connectivity index (χ2v) is 3.08. The molecule has 2 rings (SSSR count). The number of carbonyl (C=O) groups excluding carboxylic acids is 1. The van der Waals surface area contributed by atoms with Crippen LogP contribution in [-0.2, 0) is 9.53 Å². The fraction of sp³-hybridized carbons (Fsp3) is 0.833. The number of aliphatic hydroxyl groups is 2. The van der Waals surface area contributed by atoms with Gasteiger partial charge in [-0.1, -0.05) is 0 Å². The Morgan fingerprint density at radius 2 is 2.36 bits per heavy atom. The minimum absolute atomic E-state index is 0.00231. The van der Waals surface area contributed by atoms with Crippen molar-refractivity contribution in [2.75, 3.05) is 0 Å². The van der Waals surface area contributed by atoms with Crippen molar-refractivity contribution in [2.24, 2.45) is 5.73 Å². The van der Waals surface area contributed by atoms with Gasteiger partial charge in [0.25, 0.3) is 5.91 Å². The van der Waals surface area contributed by atoms with Gasteiger partial charge in [-0.3, -0.25) is 4.79 Å². The molecule has 0 radical (unpaired) electrons. The molecule has 1 saturated heterocycles. The molecule has 62 valence electrons. The standard InChI is InChI=1S/C6H9NO4/c7-5(9)6(10)1-2(8)3-4(6)11-3/h2-4,8,10H,1H2,(H2,7,9)/t2-,3-,4-,6+/m1/s1. The first-order valence-corrected chi connectivity index (χ1v) is 3.41. The third kappa shape index (κ3) is 0.727. The molecule has 1 aliphatic heterocycles. The van der Waals surface area contributed by atoms with E-state index < -0.39 is 23.7 Å². The molecule has 5 heteroatoms. The van der Waals surface area contributed by atoms with E-state index in [1.165, 1.54) is 0 Å². The quantitative estimate of drug-likeness (QED) is 0.376. The van der Waals surface area contributed by atoms with E-state index in [0.717, 1.165) is 0 Å². The molecular formula is C6H9NO4. The molecule has 1 saturated carbocycles. The predicted octanol–water partition coefficient (Wildman–Crippen LogP) is -2.27. The number of carbonyl (C=O) groups is 1. The van der Waals surface area contributed by atoms with Crippen molar-refractivity contribution in [2.45, 2.75) is 30.3 Å². The first-order valence-electron chi connectivity index (χ1n) is 3.41. The first kappa shape index (κ1) is 7.02. The largest absolute Gasteiger partial charge is 0.390 e. The lowest BCUT2D eigenvalue weighted by Gasteiger charge is -2.19. The maximum atomic E-state index is 10.7. The molecule has 4 atom stereocenters. The monoisotopic (exact) mass is 159 g/mol. The Balaban J connectivity index is 2.22. The highest BCUT2D eigenvalue weighted by Crippen LogP contribution is 2.45. The van der Waals surface area contributed by atoms with E-state index in [-0.39, 0.29) is 12.5 Å². The Morgan fingerprint density at radius 3 is 2.55 bits per heavy atom. The number of amides is 1. The van der Waals surface area contributed by atoms with Crippen LogP contribution in [0, 0.1) is 0 Å². The van der Waals surface area contributed by atoms with E-state index in [1.54, 1.807) is 0 Å². The average molecular weight is 159 g/mol. The minimum Gasteiger partial charge on any atom is -0.390 e. The summed E-state index contributed by atoms with van der Waals surface area (Å²) in [5.74, 6) is -0.818. The van der Waals surface area contributed by atoms with Gasteiger partial charge in [0.2, 0.25) is 0 Å². The van der Waals surface area contributed by atoms with E-state index in [4.69, 9.17) is 15.6 Å². The zero-order valence-electron chi connectivity index (χ0n) is 5.73. The molecule has 0 unspecified atom stereocenters. The number of aliphatic hydroxyl groups excluding tert-OH is 1. The lowest BCUT2D eigenvalue weighted by molar-refractivity contribution is -0.141. The van der Waals surface area contributed by atoms with Crippen molar-refractivity contribution >= 4 is 5.91 Å². The lowest BCUT2D eigenvalue weighted by Crippen LogP contribution is -2.47. The van der Waals surface area contributed by atoms with Crippen LogP contribution in [0.5, 0.6) is 0 Å². The van der Waals surface area contributed by atoms with Crippen molar-refractivity contribution < 1.29 is 19.7 Å². The summed E-state index contributed by atoms with van der Waals surface area (Å²) in [7, 11) is 0. The molecule has 2 aliphatic rings. The SMILES string of the molecule is NC(=O)[C@]1(O)C[C@@H](O)[C@H]2O[C@H]21. The first-order chi connectivity index (χ1) is 5.05. The van der Waals surface area contributed by atoms with Crippen LogP contribution < -0.4 is 5.73 Å². The fourth-order valence-corrected chi connectivity index (χ4v) is 1.59. The fourth-order valence-electron chi connectivity index (χ4n) is 1.59. The van der Waals surface area contributed by atoms with Gasteiger partial charge in [-0.05, 0) is 0 Å². The van der Waals surface area contributed by atoms with Gasteiger partial charge in [-0.2, -0.15) is 0 Å². The Morgan fingerprint density at radius 1 is 1.73 bits per heavy atom. The van der Waals surface area contributed by atoms with Crippen LogP contribution in [0.3, 0.4) is 0 Å². The van der Waals surface area contributed by atoms with Crippen LogP contribution in [0.25, 0.3) is 0 Å². The summed E-state index contributed by atoms with van der Waals surface area (Å²) >= 11 is 0. The summed E-state index contributed by atoms with van der Waals surface area (Å²) < 4.78 is 4.84. The van der Waals surface area contributed by atoms with Crippen LogP contribution in [0.15, 0.2) is 0 Å². The van der Waals surface area contributed by atoms with Crippen molar-refractivity contribution in [3.63, 3.8) is 0 Å². The number of rotatable bonds is 1. The molecule has 0 spiro atoms. The summed E-state index contributed by atoms with van der Waals surface area (Å²) in [5, 5.41) is 18.6. The summed E-state index contributed by atoms with van der Waals surface area (Å²) in [6.07, 6.45) is -1.71. The maximum Gasteiger partial charge on any atom is 0.252 e. The number of fused-ring (bicyclic) bond motifs is 1. The predicted molar refractivity (Wildman–Crippen MR) is 33.4 cm³/mol. The van der Waals surface area contributed by atoms with Gasteiger partial charge in [0, 0.05) is 6.42 Å². The molecule has 11 heavy (non-hydrogen) atoms. The number of hydrogen-bond donors (Lipinski definition) is 3. The highest BCUT2D eigenvalue weighted by molar-refractivity contribution is 5.85. The Kier molecular flexibility index (Phi) is 1.11. The Labute approximate surface area is 62.8 Å². The number of ether oxygens (including phenoxy) is 1. The lowest BCUT2D eigenvalue weighted by atomic mass is 10.0. The van der Waals surface area contributed by atoms with Crippen molar-refractivity contribution in [1.82, 2.24) is 0 Å². The normalized spacial score (nSPS) is 53.8. The number of nitrogens with two attached hydrogens (primary N) is 1. The zero-order chi connectivity index (χ0) is 8.22. The van der Waals surface area contributed by atoms with Gasteiger partial charge in [-0.15, -0.1) is 0 Å². The molecular weight excluding hydrogens is 150 g/mol. The van der Waals surface area contributed by atoms with Gasteiger partial charge < -0.3 is 20.7 Å². The minimum atomic E-state index is -1.63. The molecule has 0 aromatic heterocycles. The van der Waals surface area contributed by atoms with Crippen molar-refractivity contribution in [1.29, 1.82) is 0 Å². The van der Waals surface area contributed by atoms with Gasteiger partial charge in [0.05, 0.1) is 6.10 Å². The summed E-state index contributed by atoms with van der Waals surface area (Å²) in [6, 6.07) is 0. The molecule has 2 fully saturated rings. The third-order valence-electron chi connectivity index (χ3n) is 2.32. The molecule has 1 amide bonds. The molecule has 5 nitrogen and oxygen atoms in total. The molecule has 0 bridgehead atoms. The molecule has 0 aromatic rings. The van der Waals surface area contributed by atoms with Gasteiger partial charge in [0.15, 0.2) is 5.60 Å². The third-order valence-corrected chi connectivity index (χ3v) is 2.32. The summed E-state index contributed by atoms with van der Waals surface area (Å²) in [5.41, 5.74) is 3.30. The van der Waals surface area contributed by atoms with E-state index in [2.05, 4.69) is 0 Å². The van der Waals surface area contributed by atoms with Crippen LogP contribution >= 0.6 is 0 Å². The van der Waals surface area contributed by atoms with E-state index in [0.29, 0.717) is 0 Å². The Bertz CT molecular complexity index is 219. The van der Waals surface area contributed by atoms with E-state index >= 15 is 0 Å². The van der Waals surface area contributed by atoms with Crippen molar-refractivity contribution in [3.05, 3.63) is 0 Å². The second kappa shape index (κ2) is 1.74. The second-order valence-electron chi connectivity index (χ2n) is 3.08. The summed E-state index contributed by atoms with van der Waals surface area (Å²) in [6.45, 7) is 0. The maximum absolute atomic E-state index is 10.7. The topological polar surface area (TPSA) is 96.1 Å². The highest BCUT2D eigenvalue weighted by Gasteiger charge is 2.67. The molecule has 0 aromatic carbocycles. The van der Waals surface area contributed by atoms with Gasteiger partial charge in [-0.25, -0.2) is 0 Å². The van der Waals surface area contributed by atoms with E-state index in [9.17, 15) is 9.90 Å². The van der Waals surface area contributed by atoms with E-state index in [1.807, 2.05) is 0 Å². The average Bonchev–Trinajstić information content (AvgIpc) is 2.59. The van der Waals surface area contributed by atoms with Crippen molar-refractivity contribution in [3.8, 4) is 0 Å². The number of primary amides is 1. The van der Waals surface area contributed by atoms with Gasteiger partial charge >= 0.3 is 0 Å².